The number of esters is 1. The lowest BCUT2D eigenvalue weighted by Crippen LogP contribution is -2.35. The Hall–Kier alpha value is -1.95. The van der Waals surface area contributed by atoms with Crippen LogP contribution in [-0.2, 0) is 9.53 Å². The fourth-order valence-corrected chi connectivity index (χ4v) is 3.38. The van der Waals surface area contributed by atoms with E-state index < -0.39 is 0 Å². The lowest BCUT2D eigenvalue weighted by Gasteiger charge is -2.23. The molecule has 0 spiro atoms. The van der Waals surface area contributed by atoms with Crippen LogP contribution in [0.1, 0.15) is 42.2 Å². The molecule has 1 fully saturated rings. The highest BCUT2D eigenvalue weighted by Crippen LogP contribution is 2.31. The molecule has 3 rings (SSSR count). The Morgan fingerprint density at radius 1 is 1.31 bits per heavy atom. The minimum absolute atomic E-state index is 0.0426. The molecule has 6 heteroatoms. The van der Waals surface area contributed by atoms with Crippen molar-refractivity contribution in [2.24, 2.45) is 5.92 Å². The highest BCUT2D eigenvalue weighted by atomic mass is 79.9. The Labute approximate surface area is 161 Å². The minimum atomic E-state index is -0.263. The number of halogens is 1. The first-order valence-corrected chi connectivity index (χ1v) is 9.79. The van der Waals surface area contributed by atoms with Gasteiger partial charge in [-0.05, 0) is 50.8 Å². The number of carbonyl (C=O) groups is 2. The average Bonchev–Trinajstić information content (AvgIpc) is 3.41. The number of hydrogen-bond donors (Lipinski definition) is 0. The number of amides is 1. The SMILES string of the molecule is CCOC(=O)CCN(CC1CC1)C(=O)c1cc(C)nc2cc(Br)ccc12. The van der Waals surface area contributed by atoms with Crippen LogP contribution in [0, 0.1) is 12.8 Å². The maximum absolute atomic E-state index is 13.3. The number of carbonyl (C=O) groups excluding carboxylic acids is 2. The van der Waals surface area contributed by atoms with Crippen molar-refractivity contribution in [3.05, 3.63) is 40.0 Å². The van der Waals surface area contributed by atoms with Crippen molar-refractivity contribution in [1.29, 1.82) is 0 Å². The van der Waals surface area contributed by atoms with Crippen molar-refractivity contribution in [2.45, 2.75) is 33.1 Å². The first-order valence-electron chi connectivity index (χ1n) is 8.99. The van der Waals surface area contributed by atoms with Crippen LogP contribution in [0.4, 0.5) is 0 Å². The zero-order valence-electron chi connectivity index (χ0n) is 15.1. The molecule has 0 atom stereocenters. The van der Waals surface area contributed by atoms with Gasteiger partial charge in [-0.1, -0.05) is 22.0 Å². The molecule has 0 N–H and O–H groups in total. The lowest BCUT2D eigenvalue weighted by molar-refractivity contribution is -0.143. The molecule has 0 aliphatic heterocycles. The van der Waals surface area contributed by atoms with Gasteiger partial charge in [-0.3, -0.25) is 14.6 Å². The Kier molecular flexibility index (Phi) is 5.91. The van der Waals surface area contributed by atoms with Gasteiger partial charge >= 0.3 is 5.97 Å². The van der Waals surface area contributed by atoms with Crippen LogP contribution in [0.3, 0.4) is 0 Å². The van der Waals surface area contributed by atoms with Crippen LogP contribution in [0.5, 0.6) is 0 Å². The zero-order valence-corrected chi connectivity index (χ0v) is 16.7. The van der Waals surface area contributed by atoms with E-state index in [-0.39, 0.29) is 18.3 Å². The van der Waals surface area contributed by atoms with Crippen molar-refractivity contribution in [2.75, 3.05) is 19.7 Å². The summed E-state index contributed by atoms with van der Waals surface area (Å²) >= 11 is 3.46. The summed E-state index contributed by atoms with van der Waals surface area (Å²) in [7, 11) is 0. The topological polar surface area (TPSA) is 59.5 Å². The number of benzene rings is 1. The molecule has 0 bridgehead atoms. The summed E-state index contributed by atoms with van der Waals surface area (Å²) in [6.45, 7) is 5.11. The molecule has 138 valence electrons. The van der Waals surface area contributed by atoms with E-state index in [4.69, 9.17) is 4.74 Å². The Morgan fingerprint density at radius 3 is 2.77 bits per heavy atom. The van der Waals surface area contributed by atoms with Gasteiger partial charge in [0.05, 0.1) is 24.1 Å². The second-order valence-corrected chi connectivity index (χ2v) is 7.64. The van der Waals surface area contributed by atoms with Gasteiger partial charge in [-0.25, -0.2) is 0 Å². The van der Waals surface area contributed by atoms with Crippen molar-refractivity contribution < 1.29 is 14.3 Å². The molecule has 5 nitrogen and oxygen atoms in total. The smallest absolute Gasteiger partial charge is 0.307 e. The van der Waals surface area contributed by atoms with E-state index >= 15 is 0 Å². The lowest BCUT2D eigenvalue weighted by atomic mass is 10.1. The second kappa shape index (κ2) is 8.16. The number of hydrogen-bond acceptors (Lipinski definition) is 4. The van der Waals surface area contributed by atoms with Gasteiger partial charge in [0, 0.05) is 28.6 Å². The Morgan fingerprint density at radius 2 is 2.08 bits per heavy atom. The predicted molar refractivity (Wildman–Crippen MR) is 104 cm³/mol. The maximum atomic E-state index is 13.3. The first-order chi connectivity index (χ1) is 12.5. The number of ether oxygens (including phenoxy) is 1. The molecule has 0 saturated heterocycles. The highest BCUT2D eigenvalue weighted by Gasteiger charge is 2.28. The Bertz CT molecular complexity index is 828. The quantitative estimate of drug-likeness (QED) is 0.634. The van der Waals surface area contributed by atoms with Crippen molar-refractivity contribution >= 4 is 38.7 Å². The third kappa shape index (κ3) is 4.61. The van der Waals surface area contributed by atoms with Crippen LogP contribution in [0.25, 0.3) is 10.9 Å². The molecule has 1 aromatic heterocycles. The molecule has 0 unspecified atom stereocenters. The van der Waals surface area contributed by atoms with E-state index in [1.54, 1.807) is 11.8 Å². The minimum Gasteiger partial charge on any atom is -0.466 e. The van der Waals surface area contributed by atoms with Crippen molar-refractivity contribution in [3.8, 4) is 0 Å². The predicted octanol–water partition coefficient (Wildman–Crippen LogP) is 4.11. The number of fused-ring (bicyclic) bond motifs is 1. The second-order valence-electron chi connectivity index (χ2n) is 6.72. The van der Waals surface area contributed by atoms with E-state index in [0.717, 1.165) is 33.9 Å². The van der Waals surface area contributed by atoms with E-state index in [9.17, 15) is 9.59 Å². The average molecular weight is 419 g/mol. The number of nitrogens with zero attached hydrogens (tertiary/aromatic N) is 2. The summed E-state index contributed by atoms with van der Waals surface area (Å²) in [5, 5.41) is 0.834. The molecule has 26 heavy (non-hydrogen) atoms. The molecule has 1 aliphatic rings. The first kappa shape index (κ1) is 18.8. The molecule has 1 aromatic carbocycles. The van der Waals surface area contributed by atoms with Gasteiger partial charge in [-0.15, -0.1) is 0 Å². The monoisotopic (exact) mass is 418 g/mol. The molecular formula is C20H23BrN2O3. The van der Waals surface area contributed by atoms with E-state index in [0.29, 0.717) is 31.2 Å². The number of pyridine rings is 1. The standard InChI is InChI=1S/C20H23BrN2O3/c1-3-26-19(24)8-9-23(12-14-4-5-14)20(25)17-10-13(2)22-18-11-15(21)6-7-16(17)18/h6-7,10-11,14H,3-5,8-9,12H2,1-2H3. The van der Waals surface area contributed by atoms with Gasteiger partial charge in [0.15, 0.2) is 0 Å². The number of aromatic nitrogens is 1. The normalized spacial score (nSPS) is 13.7. The Balaban J connectivity index is 1.88. The van der Waals surface area contributed by atoms with Crippen LogP contribution in [0.15, 0.2) is 28.7 Å². The number of aryl methyl sites for hydroxylation is 1. The van der Waals surface area contributed by atoms with Crippen LogP contribution >= 0.6 is 15.9 Å². The van der Waals surface area contributed by atoms with E-state index in [1.807, 2.05) is 31.2 Å². The van der Waals surface area contributed by atoms with E-state index in [2.05, 4.69) is 20.9 Å². The van der Waals surface area contributed by atoms with Crippen LogP contribution < -0.4 is 0 Å². The fraction of sp³-hybridized carbons (Fsp3) is 0.450. The molecule has 0 radical (unpaired) electrons. The maximum Gasteiger partial charge on any atom is 0.307 e. The van der Waals surface area contributed by atoms with E-state index in [1.165, 1.54) is 0 Å². The molecule has 1 aliphatic carbocycles. The number of rotatable bonds is 7. The van der Waals surface area contributed by atoms with Gasteiger partial charge in [0.2, 0.25) is 0 Å². The molecule has 1 heterocycles. The molecular weight excluding hydrogens is 396 g/mol. The molecule has 1 amide bonds. The van der Waals surface area contributed by atoms with Gasteiger partial charge in [0.25, 0.3) is 5.91 Å². The summed E-state index contributed by atoms with van der Waals surface area (Å²) in [4.78, 5) is 31.3. The largest absolute Gasteiger partial charge is 0.466 e. The summed E-state index contributed by atoms with van der Waals surface area (Å²) in [6, 6.07) is 7.59. The summed E-state index contributed by atoms with van der Waals surface area (Å²) in [5.74, 6) is 0.240. The highest BCUT2D eigenvalue weighted by molar-refractivity contribution is 9.10. The summed E-state index contributed by atoms with van der Waals surface area (Å²) < 4.78 is 5.94. The zero-order chi connectivity index (χ0) is 18.7. The van der Waals surface area contributed by atoms with Crippen LogP contribution in [0.2, 0.25) is 0 Å². The van der Waals surface area contributed by atoms with Gasteiger partial charge < -0.3 is 9.64 Å². The summed E-state index contributed by atoms with van der Waals surface area (Å²) in [6.07, 6.45) is 2.51. The van der Waals surface area contributed by atoms with Crippen molar-refractivity contribution in [3.63, 3.8) is 0 Å². The molecule has 2 aromatic rings. The van der Waals surface area contributed by atoms with Gasteiger partial charge in [-0.2, -0.15) is 0 Å². The fourth-order valence-electron chi connectivity index (χ4n) is 3.03. The van der Waals surface area contributed by atoms with Crippen LogP contribution in [-0.4, -0.2) is 41.5 Å². The van der Waals surface area contributed by atoms with Gasteiger partial charge in [0.1, 0.15) is 0 Å². The third-order valence-electron chi connectivity index (χ3n) is 4.48. The molecule has 1 saturated carbocycles. The van der Waals surface area contributed by atoms with Crippen molar-refractivity contribution in [1.82, 2.24) is 9.88 Å². The third-order valence-corrected chi connectivity index (χ3v) is 4.98. The summed E-state index contributed by atoms with van der Waals surface area (Å²) in [5.41, 5.74) is 2.24.